The number of nitrogens with zero attached hydrogens (tertiary/aromatic N) is 3. The quantitative estimate of drug-likeness (QED) is 0.338. The molecular formula is C35H67N3. The molecule has 0 radical (unpaired) electrons. The summed E-state index contributed by atoms with van der Waals surface area (Å²) in [6.07, 6.45) is 17.4. The monoisotopic (exact) mass is 530 g/mol. The van der Waals surface area contributed by atoms with Gasteiger partial charge in [-0.05, 0) is 148 Å². The minimum Gasteiger partial charge on any atom is -0.306 e. The Morgan fingerprint density at radius 3 is 1.95 bits per heavy atom. The van der Waals surface area contributed by atoms with Gasteiger partial charge in [0.15, 0.2) is 0 Å². The normalized spacial score (nSPS) is 34.1. The van der Waals surface area contributed by atoms with E-state index in [0.29, 0.717) is 5.92 Å². The first kappa shape index (κ1) is 33.6. The van der Waals surface area contributed by atoms with E-state index >= 15 is 0 Å². The zero-order valence-electron chi connectivity index (χ0n) is 27.1. The molecule has 3 nitrogen and oxygen atoms in total. The van der Waals surface area contributed by atoms with Crippen molar-refractivity contribution in [1.29, 1.82) is 0 Å². The molecule has 0 spiro atoms. The van der Waals surface area contributed by atoms with Crippen molar-refractivity contribution in [3.05, 3.63) is 24.3 Å². The molecule has 0 bridgehead atoms. The minimum absolute atomic E-state index is 0.483. The van der Waals surface area contributed by atoms with Crippen molar-refractivity contribution in [1.82, 2.24) is 14.7 Å². The Morgan fingerprint density at radius 2 is 1.37 bits per heavy atom. The van der Waals surface area contributed by atoms with Crippen molar-refractivity contribution in [2.45, 2.75) is 123 Å². The minimum atomic E-state index is 0.483. The van der Waals surface area contributed by atoms with Crippen molar-refractivity contribution < 1.29 is 0 Å². The predicted octanol–water partition coefficient (Wildman–Crippen LogP) is 8.52. The van der Waals surface area contributed by atoms with Crippen molar-refractivity contribution in [2.75, 3.05) is 47.8 Å². The van der Waals surface area contributed by atoms with E-state index in [4.69, 9.17) is 0 Å². The highest BCUT2D eigenvalue weighted by molar-refractivity contribution is 5.15. The molecule has 38 heavy (non-hydrogen) atoms. The van der Waals surface area contributed by atoms with Crippen molar-refractivity contribution in [3.8, 4) is 0 Å². The topological polar surface area (TPSA) is 9.72 Å². The maximum absolute atomic E-state index is 4.47. The van der Waals surface area contributed by atoms with Crippen molar-refractivity contribution in [3.63, 3.8) is 0 Å². The number of hydrogen-bond donors (Lipinski definition) is 0. The fourth-order valence-corrected chi connectivity index (χ4v) is 7.48. The average molecular weight is 530 g/mol. The summed E-state index contributed by atoms with van der Waals surface area (Å²) in [5, 5.41) is 0. The molecule has 2 aliphatic heterocycles. The summed E-state index contributed by atoms with van der Waals surface area (Å²) in [5.41, 5.74) is 2.82. The number of piperidine rings is 1. The third kappa shape index (κ3) is 11.1. The van der Waals surface area contributed by atoms with E-state index in [0.717, 1.165) is 35.8 Å². The molecule has 0 aromatic carbocycles. The fraction of sp³-hybridized carbons (Fsp3) is 0.886. The standard InChI is InChI=1S/C24H44N2.C11H23N/c1-7-22-9-8-16-26(6)24(23-14-17-25(5)18-15-23)13-11-20(3)21(4)19(2)10-12-22;1-5-10-6-9(2)7-11(8-10)12(3)4/h21-24H,2-3,7-18H2,1,4-6H3;9-11H,5-8H2,1-4H3. The number of allylic oxidation sites excluding steroid dienone is 2. The molecule has 0 N–H and O–H groups in total. The van der Waals surface area contributed by atoms with Crippen LogP contribution in [0.25, 0.3) is 0 Å². The number of rotatable bonds is 4. The second kappa shape index (κ2) is 17.2. The average Bonchev–Trinajstić information content (AvgIpc) is 2.90. The van der Waals surface area contributed by atoms with Gasteiger partial charge >= 0.3 is 0 Å². The van der Waals surface area contributed by atoms with Crippen LogP contribution >= 0.6 is 0 Å². The highest BCUT2D eigenvalue weighted by Crippen LogP contribution is 2.34. The molecule has 3 heteroatoms. The van der Waals surface area contributed by atoms with Gasteiger partial charge in [-0.15, -0.1) is 0 Å². The van der Waals surface area contributed by atoms with E-state index in [-0.39, 0.29) is 0 Å². The lowest BCUT2D eigenvalue weighted by atomic mass is 9.78. The van der Waals surface area contributed by atoms with Gasteiger partial charge in [-0.1, -0.05) is 64.8 Å². The summed E-state index contributed by atoms with van der Waals surface area (Å²) < 4.78 is 0. The second-order valence-electron chi connectivity index (χ2n) is 13.9. The Hall–Kier alpha value is -0.640. The van der Waals surface area contributed by atoms with Crippen molar-refractivity contribution in [2.24, 2.45) is 29.6 Å². The molecule has 2 saturated heterocycles. The van der Waals surface area contributed by atoms with Gasteiger partial charge in [0, 0.05) is 12.1 Å². The van der Waals surface area contributed by atoms with Crippen LogP contribution in [0.1, 0.15) is 111 Å². The molecule has 0 aromatic heterocycles. The van der Waals surface area contributed by atoms with Crippen LogP contribution in [0.5, 0.6) is 0 Å². The number of likely N-dealkylation sites (tertiary alicyclic amines) is 1. The number of hydrogen-bond acceptors (Lipinski definition) is 3. The van der Waals surface area contributed by atoms with Gasteiger partial charge < -0.3 is 14.7 Å². The van der Waals surface area contributed by atoms with E-state index in [2.05, 4.69) is 83.7 Å². The van der Waals surface area contributed by atoms with Gasteiger partial charge in [0.2, 0.25) is 0 Å². The molecule has 2 heterocycles. The summed E-state index contributed by atoms with van der Waals surface area (Å²) in [4.78, 5) is 7.60. The van der Waals surface area contributed by atoms with Crippen LogP contribution in [-0.4, -0.2) is 74.6 Å². The van der Waals surface area contributed by atoms with E-state index in [9.17, 15) is 0 Å². The molecule has 3 rings (SSSR count). The first-order chi connectivity index (χ1) is 18.0. The summed E-state index contributed by atoms with van der Waals surface area (Å²) in [7, 11) is 9.09. The van der Waals surface area contributed by atoms with Crippen LogP contribution in [0, 0.1) is 29.6 Å². The lowest BCUT2D eigenvalue weighted by Gasteiger charge is -2.39. The Labute approximate surface area is 239 Å². The van der Waals surface area contributed by atoms with Crippen LogP contribution in [-0.2, 0) is 0 Å². The molecule has 6 atom stereocenters. The molecule has 1 saturated carbocycles. The van der Waals surface area contributed by atoms with E-state index in [1.165, 1.54) is 114 Å². The zero-order chi connectivity index (χ0) is 28.2. The van der Waals surface area contributed by atoms with Crippen LogP contribution in [0.2, 0.25) is 0 Å². The highest BCUT2D eigenvalue weighted by atomic mass is 15.1. The first-order valence-electron chi connectivity index (χ1n) is 16.5. The summed E-state index contributed by atoms with van der Waals surface area (Å²) in [6.45, 7) is 22.1. The third-order valence-corrected chi connectivity index (χ3v) is 10.8. The van der Waals surface area contributed by atoms with Crippen LogP contribution in [0.4, 0.5) is 0 Å². The molecule has 222 valence electrons. The summed E-state index contributed by atoms with van der Waals surface area (Å²) in [5.74, 6) is 4.13. The van der Waals surface area contributed by atoms with Crippen LogP contribution in [0.3, 0.4) is 0 Å². The van der Waals surface area contributed by atoms with Gasteiger partial charge in [0.1, 0.15) is 0 Å². The summed E-state index contributed by atoms with van der Waals surface area (Å²) in [6, 6.07) is 1.57. The fourth-order valence-electron chi connectivity index (χ4n) is 7.48. The maximum atomic E-state index is 4.47. The van der Waals surface area contributed by atoms with Gasteiger partial charge in [-0.2, -0.15) is 0 Å². The summed E-state index contributed by atoms with van der Waals surface area (Å²) >= 11 is 0. The molecule has 3 aliphatic rings. The van der Waals surface area contributed by atoms with Gasteiger partial charge in [0.05, 0.1) is 0 Å². The Bertz CT molecular complexity index is 677. The van der Waals surface area contributed by atoms with E-state index in [1.54, 1.807) is 0 Å². The Kier molecular flexibility index (Phi) is 15.2. The lowest BCUT2D eigenvalue weighted by Crippen LogP contribution is -2.43. The largest absolute Gasteiger partial charge is 0.306 e. The van der Waals surface area contributed by atoms with Crippen molar-refractivity contribution >= 4 is 0 Å². The highest BCUT2D eigenvalue weighted by Gasteiger charge is 2.29. The molecular weight excluding hydrogens is 462 g/mol. The first-order valence-corrected chi connectivity index (χ1v) is 16.5. The molecule has 0 aromatic rings. The molecule has 1 aliphatic carbocycles. The van der Waals surface area contributed by atoms with Crippen LogP contribution < -0.4 is 0 Å². The van der Waals surface area contributed by atoms with E-state index in [1.807, 2.05) is 0 Å². The SMILES string of the molecule is C=C1CCC(CC)CCCN(C)C(C2CCN(C)CC2)CCC(=C)C1C.CCC1CC(C)CC(N(C)C)C1. The Morgan fingerprint density at radius 1 is 0.763 bits per heavy atom. The maximum Gasteiger partial charge on any atom is 0.0124 e. The molecule has 3 fully saturated rings. The smallest absolute Gasteiger partial charge is 0.0124 e. The second-order valence-corrected chi connectivity index (χ2v) is 13.9. The molecule has 0 amide bonds. The Balaban J connectivity index is 0.000000352. The predicted molar refractivity (Wildman–Crippen MR) is 170 cm³/mol. The van der Waals surface area contributed by atoms with Gasteiger partial charge in [-0.25, -0.2) is 0 Å². The third-order valence-electron chi connectivity index (χ3n) is 10.8. The van der Waals surface area contributed by atoms with E-state index < -0.39 is 0 Å². The van der Waals surface area contributed by atoms with Gasteiger partial charge in [-0.3, -0.25) is 0 Å². The zero-order valence-corrected chi connectivity index (χ0v) is 27.1. The molecule has 6 unspecified atom stereocenters. The van der Waals surface area contributed by atoms with Crippen LogP contribution in [0.15, 0.2) is 24.3 Å². The van der Waals surface area contributed by atoms with Gasteiger partial charge in [0.25, 0.3) is 0 Å². The lowest BCUT2D eigenvalue weighted by molar-refractivity contribution is 0.105.